The van der Waals surface area contributed by atoms with Crippen LogP contribution in [0.3, 0.4) is 0 Å². The molecule has 0 saturated carbocycles. The van der Waals surface area contributed by atoms with Crippen LogP contribution in [0.1, 0.15) is 47.5 Å². The van der Waals surface area contributed by atoms with Gasteiger partial charge in [-0.05, 0) is 34.1 Å². The molecule has 0 heterocycles. The Labute approximate surface area is 103 Å². The minimum Gasteiger partial charge on any atom is -0.198 e. The van der Waals surface area contributed by atoms with Gasteiger partial charge in [0.25, 0.3) is 0 Å². The molecule has 0 fully saturated rings. The number of nitrogens with zero attached hydrogens (tertiary/aromatic N) is 5. The van der Waals surface area contributed by atoms with Gasteiger partial charge in [0, 0.05) is 6.42 Å². The Kier molecular flexibility index (Phi) is 8.47. The van der Waals surface area contributed by atoms with Gasteiger partial charge in [-0.15, -0.1) is 0 Å². The molecule has 0 aromatic rings. The molecule has 17 heavy (non-hydrogen) atoms. The van der Waals surface area contributed by atoms with Gasteiger partial charge in [-0.2, -0.15) is 26.0 Å². The summed E-state index contributed by atoms with van der Waals surface area (Å²) in [4.78, 5) is 0. The van der Waals surface area contributed by atoms with Crippen molar-refractivity contribution in [3.05, 3.63) is 0 Å². The summed E-state index contributed by atoms with van der Waals surface area (Å²) in [7, 11) is 0. The van der Waals surface area contributed by atoms with E-state index in [1.54, 1.807) is 27.7 Å². The van der Waals surface area contributed by atoms with E-state index in [2.05, 4.69) is 10.2 Å². The number of azo groups is 1. The SMILES string of the molecule is CC(C)(C#N)N=NC(C)(C)C#N.CCCC#N. The fraction of sp³-hybridized carbons (Fsp3) is 0.750. The molecule has 0 N–H and O–H groups in total. The molecule has 0 spiro atoms. The van der Waals surface area contributed by atoms with Crippen molar-refractivity contribution >= 4 is 0 Å². The molecule has 92 valence electrons. The second-order valence-electron chi connectivity index (χ2n) is 4.45. The van der Waals surface area contributed by atoms with Gasteiger partial charge in [-0.25, -0.2) is 0 Å². The van der Waals surface area contributed by atoms with E-state index in [1.807, 2.05) is 25.1 Å². The van der Waals surface area contributed by atoms with Gasteiger partial charge in [0.15, 0.2) is 11.1 Å². The molecule has 0 rings (SSSR count). The van der Waals surface area contributed by atoms with Gasteiger partial charge in [0.2, 0.25) is 0 Å². The molecule has 0 bridgehead atoms. The van der Waals surface area contributed by atoms with Crippen molar-refractivity contribution < 1.29 is 0 Å². The monoisotopic (exact) mass is 233 g/mol. The Morgan fingerprint density at radius 2 is 1.24 bits per heavy atom. The van der Waals surface area contributed by atoms with E-state index >= 15 is 0 Å². The Balaban J connectivity index is 0. The average molecular weight is 233 g/mol. The largest absolute Gasteiger partial charge is 0.198 e. The predicted octanol–water partition coefficient (Wildman–Crippen LogP) is 3.35. The molecule has 5 heteroatoms. The lowest BCUT2D eigenvalue weighted by Crippen LogP contribution is -2.17. The second kappa shape index (κ2) is 8.25. The maximum absolute atomic E-state index is 8.58. The first-order chi connectivity index (χ1) is 7.74. The lowest BCUT2D eigenvalue weighted by atomic mass is 10.1. The van der Waals surface area contributed by atoms with Gasteiger partial charge in [-0.3, -0.25) is 0 Å². The molecule has 0 unspecified atom stereocenters. The Bertz CT molecular complexity index is 332. The van der Waals surface area contributed by atoms with Crippen molar-refractivity contribution in [1.29, 1.82) is 15.8 Å². The molecule has 0 saturated heterocycles. The van der Waals surface area contributed by atoms with Crippen molar-refractivity contribution in [1.82, 2.24) is 0 Å². The Morgan fingerprint density at radius 3 is 1.35 bits per heavy atom. The summed E-state index contributed by atoms with van der Waals surface area (Å²) >= 11 is 0. The van der Waals surface area contributed by atoms with E-state index in [0.717, 1.165) is 6.42 Å². The van der Waals surface area contributed by atoms with Crippen molar-refractivity contribution in [2.24, 2.45) is 10.2 Å². The summed E-state index contributed by atoms with van der Waals surface area (Å²) in [5.74, 6) is 0. The smallest absolute Gasteiger partial charge is 0.162 e. The summed E-state index contributed by atoms with van der Waals surface area (Å²) in [6.45, 7) is 8.56. The van der Waals surface area contributed by atoms with Gasteiger partial charge in [0.1, 0.15) is 0 Å². The molecule has 0 atom stereocenters. The van der Waals surface area contributed by atoms with E-state index in [1.165, 1.54) is 0 Å². The summed E-state index contributed by atoms with van der Waals surface area (Å²) in [6.07, 6.45) is 1.68. The quantitative estimate of drug-likeness (QED) is 0.699. The number of unbranched alkanes of at least 4 members (excludes halogenated alkanes) is 1. The summed E-state index contributed by atoms with van der Waals surface area (Å²) in [5, 5.41) is 32.5. The molecule has 0 aromatic heterocycles. The van der Waals surface area contributed by atoms with Gasteiger partial charge in [0.05, 0.1) is 18.2 Å². The minimum absolute atomic E-state index is 0.694. The maximum Gasteiger partial charge on any atom is 0.162 e. The fourth-order valence-electron chi connectivity index (χ4n) is 0.407. The first-order valence-electron chi connectivity index (χ1n) is 5.38. The van der Waals surface area contributed by atoms with Crippen LogP contribution < -0.4 is 0 Å². The van der Waals surface area contributed by atoms with E-state index in [9.17, 15) is 0 Å². The predicted molar refractivity (Wildman–Crippen MR) is 64.8 cm³/mol. The highest BCUT2D eigenvalue weighted by atomic mass is 15.2. The molecule has 0 aliphatic heterocycles. The molecule has 0 amide bonds. The minimum atomic E-state index is -0.839. The van der Waals surface area contributed by atoms with Crippen LogP contribution in [0.15, 0.2) is 10.2 Å². The van der Waals surface area contributed by atoms with Crippen LogP contribution in [0, 0.1) is 34.0 Å². The van der Waals surface area contributed by atoms with Gasteiger partial charge >= 0.3 is 0 Å². The van der Waals surface area contributed by atoms with Crippen molar-refractivity contribution in [2.75, 3.05) is 0 Å². The number of hydrogen-bond acceptors (Lipinski definition) is 5. The zero-order valence-electron chi connectivity index (χ0n) is 11.2. The third-order valence-electron chi connectivity index (χ3n) is 1.46. The molecule has 0 aliphatic carbocycles. The van der Waals surface area contributed by atoms with Crippen LogP contribution in [0.2, 0.25) is 0 Å². The Hall–Kier alpha value is -1.93. The standard InChI is InChI=1S/C8H12N4.C4H7N/c1-7(2,5-9)11-12-8(3,4)6-10;1-2-3-4-5/h1-4H3;2-3H2,1H3. The normalized spacial score (nSPS) is 10.7. The molecular weight excluding hydrogens is 214 g/mol. The topological polar surface area (TPSA) is 96.1 Å². The molecular formula is C12H19N5. The fourth-order valence-corrected chi connectivity index (χ4v) is 0.407. The van der Waals surface area contributed by atoms with Crippen LogP contribution in [0.5, 0.6) is 0 Å². The molecule has 5 nitrogen and oxygen atoms in total. The van der Waals surface area contributed by atoms with Crippen molar-refractivity contribution in [2.45, 2.75) is 58.5 Å². The zero-order chi connectivity index (χ0) is 13.9. The molecule has 0 radical (unpaired) electrons. The van der Waals surface area contributed by atoms with Crippen molar-refractivity contribution in [3.63, 3.8) is 0 Å². The lowest BCUT2D eigenvalue weighted by molar-refractivity contribution is 0.541. The molecule has 0 aliphatic rings. The van der Waals surface area contributed by atoms with Gasteiger partial charge in [-0.1, -0.05) is 6.92 Å². The van der Waals surface area contributed by atoms with E-state index in [4.69, 9.17) is 15.8 Å². The van der Waals surface area contributed by atoms with Crippen LogP contribution in [0.25, 0.3) is 0 Å². The maximum atomic E-state index is 8.58. The number of hydrogen-bond donors (Lipinski definition) is 0. The number of nitriles is 3. The van der Waals surface area contributed by atoms with Gasteiger partial charge < -0.3 is 0 Å². The van der Waals surface area contributed by atoms with Crippen molar-refractivity contribution in [3.8, 4) is 18.2 Å². The van der Waals surface area contributed by atoms with Crippen LogP contribution in [-0.4, -0.2) is 11.1 Å². The van der Waals surface area contributed by atoms with E-state index in [-0.39, 0.29) is 0 Å². The Morgan fingerprint density at radius 1 is 0.882 bits per heavy atom. The van der Waals surface area contributed by atoms with E-state index in [0.29, 0.717) is 6.42 Å². The summed E-state index contributed by atoms with van der Waals surface area (Å²) < 4.78 is 0. The molecule has 0 aromatic carbocycles. The second-order valence-corrected chi connectivity index (χ2v) is 4.45. The summed E-state index contributed by atoms with van der Waals surface area (Å²) in [5.41, 5.74) is -1.68. The highest BCUT2D eigenvalue weighted by Gasteiger charge is 2.19. The zero-order valence-corrected chi connectivity index (χ0v) is 11.2. The van der Waals surface area contributed by atoms with E-state index < -0.39 is 11.1 Å². The van der Waals surface area contributed by atoms with Crippen LogP contribution in [0.4, 0.5) is 0 Å². The first kappa shape index (κ1) is 17.5. The van der Waals surface area contributed by atoms with Crippen LogP contribution >= 0.6 is 0 Å². The third kappa shape index (κ3) is 12.0. The lowest BCUT2D eigenvalue weighted by Gasteiger charge is -2.11. The third-order valence-corrected chi connectivity index (χ3v) is 1.46. The highest BCUT2D eigenvalue weighted by molar-refractivity contribution is 5.03. The number of rotatable bonds is 3. The summed E-state index contributed by atoms with van der Waals surface area (Å²) in [6, 6.07) is 5.95. The first-order valence-corrected chi connectivity index (χ1v) is 5.38. The average Bonchev–Trinajstić information content (AvgIpc) is 2.29. The van der Waals surface area contributed by atoms with Crippen LogP contribution in [-0.2, 0) is 0 Å². The highest BCUT2D eigenvalue weighted by Crippen LogP contribution is 2.13.